The zero-order chi connectivity index (χ0) is 14.4. The Morgan fingerprint density at radius 1 is 1.45 bits per heavy atom. The van der Waals surface area contributed by atoms with Crippen molar-refractivity contribution in [3.05, 3.63) is 23.9 Å². The van der Waals surface area contributed by atoms with E-state index in [4.69, 9.17) is 4.74 Å². The highest BCUT2D eigenvalue weighted by atomic mass is 32.2. The average molecular weight is 294 g/mol. The Morgan fingerprint density at radius 3 is 2.95 bits per heavy atom. The molecule has 1 N–H and O–H groups in total. The second kappa shape index (κ2) is 7.53. The Labute approximate surface area is 124 Å². The van der Waals surface area contributed by atoms with Crippen LogP contribution >= 0.6 is 11.8 Å². The van der Waals surface area contributed by atoms with Crippen molar-refractivity contribution in [3.63, 3.8) is 0 Å². The molecular formula is C15H22N2O2S. The predicted molar refractivity (Wildman–Crippen MR) is 83.4 cm³/mol. The summed E-state index contributed by atoms with van der Waals surface area (Å²) in [4.78, 5) is 15.8. The van der Waals surface area contributed by atoms with E-state index in [1.807, 2.05) is 17.8 Å². The van der Waals surface area contributed by atoms with E-state index in [9.17, 15) is 4.79 Å². The highest BCUT2D eigenvalue weighted by molar-refractivity contribution is 7.99. The van der Waals surface area contributed by atoms with Gasteiger partial charge in [0.15, 0.2) is 0 Å². The summed E-state index contributed by atoms with van der Waals surface area (Å²) in [5.74, 6) is 1.71. The number of aromatic nitrogens is 1. The highest BCUT2D eigenvalue weighted by Crippen LogP contribution is 2.31. The molecule has 1 heterocycles. The summed E-state index contributed by atoms with van der Waals surface area (Å²) in [6.45, 7) is 4.39. The van der Waals surface area contributed by atoms with Gasteiger partial charge < -0.3 is 10.1 Å². The number of rotatable bonds is 6. The first-order valence-electron chi connectivity index (χ1n) is 7.24. The molecule has 0 amide bonds. The van der Waals surface area contributed by atoms with Crippen molar-refractivity contribution in [1.29, 1.82) is 0 Å². The molecule has 0 aromatic carbocycles. The predicted octanol–water partition coefficient (Wildman–Crippen LogP) is 3.34. The van der Waals surface area contributed by atoms with Crippen molar-refractivity contribution in [2.24, 2.45) is 0 Å². The van der Waals surface area contributed by atoms with Gasteiger partial charge in [-0.25, -0.2) is 9.78 Å². The van der Waals surface area contributed by atoms with Gasteiger partial charge in [-0.3, -0.25) is 0 Å². The molecule has 2 rings (SSSR count). The summed E-state index contributed by atoms with van der Waals surface area (Å²) in [5.41, 5.74) is 0.503. The second-order valence-electron chi connectivity index (χ2n) is 4.88. The summed E-state index contributed by atoms with van der Waals surface area (Å²) >= 11 is 2.04. The van der Waals surface area contributed by atoms with Gasteiger partial charge in [0.2, 0.25) is 0 Å². The molecule has 2 atom stereocenters. The number of anilines is 1. The Morgan fingerprint density at radius 2 is 2.30 bits per heavy atom. The zero-order valence-corrected chi connectivity index (χ0v) is 12.9. The van der Waals surface area contributed by atoms with Crippen molar-refractivity contribution < 1.29 is 9.53 Å². The number of nitrogens with one attached hydrogen (secondary N) is 1. The first-order chi connectivity index (χ1) is 9.72. The molecule has 2 unspecified atom stereocenters. The molecule has 4 nitrogen and oxygen atoms in total. The lowest BCUT2D eigenvalue weighted by molar-refractivity contribution is 0.0526. The van der Waals surface area contributed by atoms with E-state index in [0.29, 0.717) is 18.2 Å². The highest BCUT2D eigenvalue weighted by Gasteiger charge is 2.24. The third-order valence-corrected chi connectivity index (χ3v) is 4.65. The molecule has 1 aliphatic rings. The van der Waals surface area contributed by atoms with Gasteiger partial charge in [0, 0.05) is 17.5 Å². The van der Waals surface area contributed by atoms with E-state index >= 15 is 0 Å². The maximum atomic E-state index is 11.5. The average Bonchev–Trinajstić information content (AvgIpc) is 2.88. The first kappa shape index (κ1) is 15.2. The number of hydrogen-bond donors (Lipinski definition) is 1. The molecular weight excluding hydrogens is 272 g/mol. The Hall–Kier alpha value is -1.23. The van der Waals surface area contributed by atoms with Crippen LogP contribution in [0.4, 0.5) is 5.82 Å². The van der Waals surface area contributed by atoms with Gasteiger partial charge in [0.1, 0.15) is 5.82 Å². The molecule has 1 saturated carbocycles. The minimum absolute atomic E-state index is 0.313. The Bertz CT molecular complexity index is 436. The van der Waals surface area contributed by atoms with E-state index in [1.54, 1.807) is 19.2 Å². The first-order valence-corrected chi connectivity index (χ1v) is 8.29. The standard InChI is InChI=1S/C15H22N2O2S/c1-3-19-15(18)11-5-8-14(16-10-11)17-12-6-7-13(9-12)20-4-2/h5,8,10,12-13H,3-4,6-7,9H2,1-2H3,(H,16,17). The van der Waals surface area contributed by atoms with Crippen LogP contribution in [0.15, 0.2) is 18.3 Å². The van der Waals surface area contributed by atoms with Crippen LogP contribution in [0.3, 0.4) is 0 Å². The quantitative estimate of drug-likeness (QED) is 0.815. The van der Waals surface area contributed by atoms with Gasteiger partial charge in [0.25, 0.3) is 0 Å². The maximum Gasteiger partial charge on any atom is 0.339 e. The van der Waals surface area contributed by atoms with Crippen molar-refractivity contribution in [3.8, 4) is 0 Å². The number of hydrogen-bond acceptors (Lipinski definition) is 5. The normalized spacial score (nSPS) is 21.7. The zero-order valence-electron chi connectivity index (χ0n) is 12.1. The fraction of sp³-hybridized carbons (Fsp3) is 0.600. The maximum absolute atomic E-state index is 11.5. The van der Waals surface area contributed by atoms with Gasteiger partial charge >= 0.3 is 5.97 Å². The number of esters is 1. The number of pyridine rings is 1. The number of carbonyl (C=O) groups is 1. The molecule has 0 aliphatic heterocycles. The molecule has 0 spiro atoms. The third-order valence-electron chi connectivity index (χ3n) is 3.41. The largest absolute Gasteiger partial charge is 0.462 e. The van der Waals surface area contributed by atoms with Crippen LogP contribution in [0, 0.1) is 0 Å². The minimum atomic E-state index is -0.313. The summed E-state index contributed by atoms with van der Waals surface area (Å²) in [6.07, 6.45) is 5.24. The SMILES string of the molecule is CCOC(=O)c1ccc(NC2CCC(SCC)C2)nc1. The van der Waals surface area contributed by atoms with Gasteiger partial charge in [0.05, 0.1) is 12.2 Å². The molecule has 110 valence electrons. The van der Waals surface area contributed by atoms with Crippen LogP contribution in [0.5, 0.6) is 0 Å². The van der Waals surface area contributed by atoms with E-state index in [-0.39, 0.29) is 5.97 Å². The van der Waals surface area contributed by atoms with Crippen molar-refractivity contribution >= 4 is 23.5 Å². The monoisotopic (exact) mass is 294 g/mol. The van der Waals surface area contributed by atoms with E-state index in [2.05, 4.69) is 17.2 Å². The lowest BCUT2D eigenvalue weighted by Crippen LogP contribution is -2.17. The van der Waals surface area contributed by atoms with Gasteiger partial charge in [-0.15, -0.1) is 0 Å². The van der Waals surface area contributed by atoms with Crippen molar-refractivity contribution in [2.75, 3.05) is 17.7 Å². The number of nitrogens with zero attached hydrogens (tertiary/aromatic N) is 1. The number of ether oxygens (including phenoxy) is 1. The molecule has 0 saturated heterocycles. The fourth-order valence-corrected chi connectivity index (χ4v) is 3.62. The van der Waals surface area contributed by atoms with Gasteiger partial charge in [-0.2, -0.15) is 11.8 Å². The Balaban J connectivity index is 1.86. The molecule has 1 aliphatic carbocycles. The van der Waals surface area contributed by atoms with Gasteiger partial charge in [-0.05, 0) is 44.1 Å². The fourth-order valence-electron chi connectivity index (χ4n) is 2.48. The van der Waals surface area contributed by atoms with E-state index in [0.717, 1.165) is 11.1 Å². The van der Waals surface area contributed by atoms with Crippen molar-refractivity contribution in [2.45, 2.75) is 44.4 Å². The summed E-state index contributed by atoms with van der Waals surface area (Å²) in [7, 11) is 0. The van der Waals surface area contributed by atoms with Crippen LogP contribution in [-0.2, 0) is 4.74 Å². The molecule has 0 bridgehead atoms. The molecule has 1 fully saturated rings. The topological polar surface area (TPSA) is 51.2 Å². The molecule has 1 aromatic rings. The Kier molecular flexibility index (Phi) is 5.71. The summed E-state index contributed by atoms with van der Waals surface area (Å²) in [6, 6.07) is 4.12. The molecule has 0 radical (unpaired) electrons. The molecule has 5 heteroatoms. The van der Waals surface area contributed by atoms with E-state index < -0.39 is 0 Å². The van der Waals surface area contributed by atoms with Crippen molar-refractivity contribution in [1.82, 2.24) is 4.98 Å². The molecule has 1 aromatic heterocycles. The number of thioether (sulfide) groups is 1. The second-order valence-corrected chi connectivity index (χ2v) is 6.46. The van der Waals surface area contributed by atoms with Crippen LogP contribution in [0.1, 0.15) is 43.5 Å². The lowest BCUT2D eigenvalue weighted by atomic mass is 10.2. The van der Waals surface area contributed by atoms with Crippen LogP contribution in [0.2, 0.25) is 0 Å². The molecule has 20 heavy (non-hydrogen) atoms. The lowest BCUT2D eigenvalue weighted by Gasteiger charge is -2.13. The number of carbonyl (C=O) groups excluding carboxylic acids is 1. The van der Waals surface area contributed by atoms with Crippen LogP contribution in [0.25, 0.3) is 0 Å². The van der Waals surface area contributed by atoms with Gasteiger partial charge in [-0.1, -0.05) is 6.92 Å². The smallest absolute Gasteiger partial charge is 0.339 e. The third kappa shape index (κ3) is 4.13. The van der Waals surface area contributed by atoms with Crippen LogP contribution < -0.4 is 5.32 Å². The minimum Gasteiger partial charge on any atom is -0.462 e. The van der Waals surface area contributed by atoms with Crippen LogP contribution in [-0.4, -0.2) is 34.6 Å². The summed E-state index contributed by atoms with van der Waals surface area (Å²) in [5, 5.41) is 4.23. The van der Waals surface area contributed by atoms with E-state index in [1.165, 1.54) is 25.0 Å². The summed E-state index contributed by atoms with van der Waals surface area (Å²) < 4.78 is 4.94.